The summed E-state index contributed by atoms with van der Waals surface area (Å²) in [6.07, 6.45) is 4.68. The fraction of sp³-hybridized carbons (Fsp3) is 0.222. The molecule has 2 amide bonds. The van der Waals surface area contributed by atoms with Gasteiger partial charge in [0.25, 0.3) is 0 Å². The lowest BCUT2D eigenvalue weighted by Gasteiger charge is -2.06. The summed E-state index contributed by atoms with van der Waals surface area (Å²) < 4.78 is 1.98. The van der Waals surface area contributed by atoms with Gasteiger partial charge in [-0.15, -0.1) is 11.8 Å². The first-order valence-electron chi connectivity index (χ1n) is 7.93. The van der Waals surface area contributed by atoms with E-state index in [1.165, 1.54) is 4.90 Å². The van der Waals surface area contributed by atoms with Gasteiger partial charge in [0.15, 0.2) is 0 Å². The average molecular weight is 340 g/mol. The highest BCUT2D eigenvalue weighted by molar-refractivity contribution is 7.99. The Morgan fingerprint density at radius 1 is 1.04 bits per heavy atom. The average Bonchev–Trinajstić information content (AvgIpc) is 3.02. The summed E-state index contributed by atoms with van der Waals surface area (Å²) in [4.78, 5) is 17.5. The smallest absolute Gasteiger partial charge is 0.314 e. The van der Waals surface area contributed by atoms with Crippen LogP contribution in [0.1, 0.15) is 5.69 Å². The molecule has 3 rings (SSSR count). The molecule has 5 nitrogen and oxygen atoms in total. The molecule has 0 unspecified atom stereocenters. The number of hydrogen-bond acceptors (Lipinski definition) is 3. The summed E-state index contributed by atoms with van der Waals surface area (Å²) in [6, 6.07) is 15.9. The number of hydrogen-bond donors (Lipinski definition) is 2. The van der Waals surface area contributed by atoms with E-state index in [1.54, 1.807) is 11.8 Å². The fourth-order valence-electron chi connectivity index (χ4n) is 2.32. The van der Waals surface area contributed by atoms with Gasteiger partial charge in [-0.3, -0.25) is 0 Å². The number of benzene rings is 1. The van der Waals surface area contributed by atoms with Crippen molar-refractivity contribution in [1.29, 1.82) is 0 Å². The van der Waals surface area contributed by atoms with Crippen LogP contribution in [0.25, 0.3) is 5.65 Å². The quantitative estimate of drug-likeness (QED) is 0.513. The molecule has 0 saturated heterocycles. The van der Waals surface area contributed by atoms with Crippen LogP contribution in [0, 0.1) is 0 Å². The minimum atomic E-state index is -0.132. The molecule has 0 aliphatic rings. The van der Waals surface area contributed by atoms with E-state index in [4.69, 9.17) is 0 Å². The van der Waals surface area contributed by atoms with E-state index < -0.39 is 0 Å². The predicted molar refractivity (Wildman–Crippen MR) is 97.5 cm³/mol. The van der Waals surface area contributed by atoms with Crippen LogP contribution in [0.15, 0.2) is 65.8 Å². The second-order valence-electron chi connectivity index (χ2n) is 5.29. The van der Waals surface area contributed by atoms with Gasteiger partial charge in [0.2, 0.25) is 0 Å². The van der Waals surface area contributed by atoms with E-state index in [9.17, 15) is 4.79 Å². The van der Waals surface area contributed by atoms with Gasteiger partial charge in [-0.05, 0) is 24.3 Å². The maximum absolute atomic E-state index is 11.8. The van der Waals surface area contributed by atoms with Gasteiger partial charge in [0, 0.05) is 42.6 Å². The molecule has 2 aromatic heterocycles. The molecule has 0 spiro atoms. The lowest BCUT2D eigenvalue weighted by atomic mass is 10.3. The van der Waals surface area contributed by atoms with Crippen LogP contribution in [0.2, 0.25) is 0 Å². The van der Waals surface area contributed by atoms with Crippen LogP contribution in [-0.4, -0.2) is 34.3 Å². The first kappa shape index (κ1) is 16.4. The first-order valence-corrected chi connectivity index (χ1v) is 8.92. The Kier molecular flexibility index (Phi) is 5.74. The minimum Gasteiger partial charge on any atom is -0.338 e. The number of rotatable bonds is 7. The van der Waals surface area contributed by atoms with E-state index in [-0.39, 0.29) is 6.03 Å². The number of carbonyl (C=O) groups is 1. The van der Waals surface area contributed by atoms with Crippen LogP contribution in [-0.2, 0) is 6.42 Å². The Morgan fingerprint density at radius 3 is 2.67 bits per heavy atom. The van der Waals surface area contributed by atoms with Gasteiger partial charge in [0.05, 0.1) is 5.69 Å². The lowest BCUT2D eigenvalue weighted by molar-refractivity contribution is 0.241. The molecule has 0 aliphatic carbocycles. The molecule has 0 saturated carbocycles. The molecule has 1 aromatic carbocycles. The third-order valence-electron chi connectivity index (χ3n) is 3.48. The van der Waals surface area contributed by atoms with Crippen LogP contribution in [0.3, 0.4) is 0 Å². The van der Waals surface area contributed by atoms with Crippen molar-refractivity contribution in [3.8, 4) is 0 Å². The number of nitrogens with zero attached hydrogens (tertiary/aromatic N) is 2. The molecule has 0 aliphatic heterocycles. The van der Waals surface area contributed by atoms with Crippen LogP contribution in [0.4, 0.5) is 4.79 Å². The summed E-state index contributed by atoms with van der Waals surface area (Å²) in [6.45, 7) is 1.21. The van der Waals surface area contributed by atoms with Crippen molar-refractivity contribution >= 4 is 23.4 Å². The highest BCUT2D eigenvalue weighted by Gasteiger charge is 2.03. The summed E-state index contributed by atoms with van der Waals surface area (Å²) in [5, 5.41) is 5.73. The van der Waals surface area contributed by atoms with Crippen LogP contribution in [0.5, 0.6) is 0 Å². The van der Waals surface area contributed by atoms with E-state index in [2.05, 4.69) is 27.8 Å². The van der Waals surface area contributed by atoms with Crippen molar-refractivity contribution in [1.82, 2.24) is 20.0 Å². The number of urea groups is 1. The number of carbonyl (C=O) groups excluding carboxylic acids is 1. The maximum Gasteiger partial charge on any atom is 0.314 e. The number of pyridine rings is 1. The molecule has 2 heterocycles. The van der Waals surface area contributed by atoms with Crippen LogP contribution >= 0.6 is 11.8 Å². The van der Waals surface area contributed by atoms with Gasteiger partial charge in [0.1, 0.15) is 5.65 Å². The number of nitrogens with one attached hydrogen (secondary N) is 2. The molecule has 2 N–H and O–H groups in total. The zero-order valence-electron chi connectivity index (χ0n) is 13.3. The van der Waals surface area contributed by atoms with Gasteiger partial charge >= 0.3 is 6.03 Å². The monoisotopic (exact) mass is 340 g/mol. The van der Waals surface area contributed by atoms with Crippen molar-refractivity contribution in [2.75, 3.05) is 18.8 Å². The lowest BCUT2D eigenvalue weighted by Crippen LogP contribution is -2.37. The zero-order valence-corrected chi connectivity index (χ0v) is 14.1. The molecule has 0 radical (unpaired) electrons. The Bertz CT molecular complexity index is 755. The molecular formula is C18H20N4OS. The standard InChI is InChI=1S/C18H20N4OS/c23-18(20-11-13-24-16-6-2-1-3-7-16)19-10-9-15-14-22-12-5-4-8-17(22)21-15/h1-8,12,14H,9-11,13H2,(H2,19,20,23). The largest absolute Gasteiger partial charge is 0.338 e. The highest BCUT2D eigenvalue weighted by Crippen LogP contribution is 2.15. The summed E-state index contributed by atoms with van der Waals surface area (Å²) in [5.41, 5.74) is 1.90. The number of aromatic nitrogens is 2. The Hall–Kier alpha value is -2.47. The number of thioether (sulfide) groups is 1. The van der Waals surface area contributed by atoms with E-state index >= 15 is 0 Å². The predicted octanol–water partition coefficient (Wildman–Crippen LogP) is 2.97. The summed E-state index contributed by atoms with van der Waals surface area (Å²) >= 11 is 1.73. The molecule has 124 valence electrons. The zero-order chi connectivity index (χ0) is 16.6. The van der Waals surface area contributed by atoms with E-state index in [0.717, 1.165) is 17.1 Å². The highest BCUT2D eigenvalue weighted by atomic mass is 32.2. The van der Waals surface area contributed by atoms with Crippen molar-refractivity contribution in [3.63, 3.8) is 0 Å². The topological polar surface area (TPSA) is 58.4 Å². The third-order valence-corrected chi connectivity index (χ3v) is 4.49. The normalized spacial score (nSPS) is 10.7. The molecule has 24 heavy (non-hydrogen) atoms. The van der Waals surface area contributed by atoms with Gasteiger partial charge in [-0.2, -0.15) is 0 Å². The first-order chi connectivity index (χ1) is 11.8. The number of fused-ring (bicyclic) bond motifs is 1. The van der Waals surface area contributed by atoms with E-state index in [0.29, 0.717) is 19.5 Å². The molecule has 0 atom stereocenters. The Labute approximate surface area is 145 Å². The second-order valence-corrected chi connectivity index (χ2v) is 6.46. The maximum atomic E-state index is 11.8. The molecular weight excluding hydrogens is 320 g/mol. The molecule has 6 heteroatoms. The molecule has 3 aromatic rings. The molecule has 0 bridgehead atoms. The minimum absolute atomic E-state index is 0.132. The molecule has 0 fully saturated rings. The van der Waals surface area contributed by atoms with Crippen LogP contribution < -0.4 is 10.6 Å². The van der Waals surface area contributed by atoms with Gasteiger partial charge in [-0.1, -0.05) is 24.3 Å². The summed E-state index contributed by atoms with van der Waals surface area (Å²) in [7, 11) is 0. The van der Waals surface area contributed by atoms with Crippen molar-refractivity contribution < 1.29 is 4.79 Å². The second kappa shape index (κ2) is 8.40. The summed E-state index contributed by atoms with van der Waals surface area (Å²) in [5.74, 6) is 0.851. The van der Waals surface area contributed by atoms with Crippen molar-refractivity contribution in [3.05, 3.63) is 66.6 Å². The number of amides is 2. The van der Waals surface area contributed by atoms with E-state index in [1.807, 2.05) is 53.2 Å². The third kappa shape index (κ3) is 4.76. The van der Waals surface area contributed by atoms with Crippen molar-refractivity contribution in [2.24, 2.45) is 0 Å². The van der Waals surface area contributed by atoms with Gasteiger partial charge < -0.3 is 15.0 Å². The van der Waals surface area contributed by atoms with Gasteiger partial charge in [-0.25, -0.2) is 9.78 Å². The number of imidazole rings is 1. The SMILES string of the molecule is O=C(NCCSc1ccccc1)NCCc1cn2ccccc2n1. The fourth-order valence-corrected chi connectivity index (χ4v) is 3.11. The Balaban J connectivity index is 1.32. The van der Waals surface area contributed by atoms with Crippen molar-refractivity contribution in [2.45, 2.75) is 11.3 Å². The Morgan fingerprint density at radius 2 is 1.83 bits per heavy atom.